The Morgan fingerprint density at radius 1 is 1.21 bits per heavy atom. The second-order valence-electron chi connectivity index (χ2n) is 6.28. The summed E-state index contributed by atoms with van der Waals surface area (Å²) >= 11 is 0. The highest BCUT2D eigenvalue weighted by atomic mass is 19.1. The molecule has 2 aromatic carbocycles. The maximum atomic E-state index is 13.3. The Bertz CT molecular complexity index is 953. The number of amides is 1. The average molecular weight is 384 g/mol. The molecule has 7 heteroatoms. The van der Waals surface area contributed by atoms with Gasteiger partial charge in [-0.2, -0.15) is 0 Å². The van der Waals surface area contributed by atoms with Gasteiger partial charge in [-0.25, -0.2) is 4.39 Å². The number of aromatic nitrogens is 1. The first kappa shape index (κ1) is 19.4. The van der Waals surface area contributed by atoms with E-state index in [0.29, 0.717) is 17.1 Å². The molecule has 0 bridgehead atoms. The zero-order valence-corrected chi connectivity index (χ0v) is 15.9. The van der Waals surface area contributed by atoms with Crippen molar-refractivity contribution in [3.63, 3.8) is 0 Å². The van der Waals surface area contributed by atoms with Crippen molar-refractivity contribution in [3.8, 4) is 11.5 Å². The molecular formula is C21H21FN2O4. The van der Waals surface area contributed by atoms with E-state index in [9.17, 15) is 9.18 Å². The molecule has 6 nitrogen and oxygen atoms in total. The van der Waals surface area contributed by atoms with E-state index in [2.05, 4.69) is 10.5 Å². The van der Waals surface area contributed by atoms with Crippen molar-refractivity contribution in [3.05, 3.63) is 76.9 Å². The van der Waals surface area contributed by atoms with E-state index in [1.54, 1.807) is 26.2 Å². The van der Waals surface area contributed by atoms with Crippen LogP contribution in [-0.4, -0.2) is 18.2 Å². The molecule has 1 unspecified atom stereocenters. The predicted molar refractivity (Wildman–Crippen MR) is 101 cm³/mol. The van der Waals surface area contributed by atoms with Crippen LogP contribution in [0.15, 0.2) is 53.1 Å². The molecule has 0 aliphatic heterocycles. The minimum absolute atomic E-state index is 0.0401. The number of carbonyl (C=O) groups excluding carboxylic acids is 1. The summed E-state index contributed by atoms with van der Waals surface area (Å²) in [4.78, 5) is 12.7. The molecule has 1 heterocycles. The van der Waals surface area contributed by atoms with Gasteiger partial charge in [0.05, 0.1) is 18.7 Å². The van der Waals surface area contributed by atoms with Crippen molar-refractivity contribution in [1.82, 2.24) is 10.5 Å². The van der Waals surface area contributed by atoms with E-state index in [1.807, 2.05) is 31.2 Å². The number of halogens is 1. The Balaban J connectivity index is 1.69. The molecule has 0 saturated carbocycles. The number of ether oxygens (including phenoxy) is 2. The van der Waals surface area contributed by atoms with Gasteiger partial charge in [-0.05, 0) is 43.7 Å². The van der Waals surface area contributed by atoms with Crippen molar-refractivity contribution in [2.24, 2.45) is 0 Å². The van der Waals surface area contributed by atoms with Gasteiger partial charge >= 0.3 is 0 Å². The standard InChI is InChI=1S/C21H21FN2O4/c1-13(15-7-9-17(26-3)10-8-15)23-21(25)20-19(14(2)28-24-20)12-27-18-6-4-5-16(22)11-18/h4-11,13H,12H2,1-3H3,(H,23,25). The third-order valence-electron chi connectivity index (χ3n) is 4.34. The van der Waals surface area contributed by atoms with Gasteiger partial charge in [0.15, 0.2) is 5.69 Å². The Hall–Kier alpha value is -3.35. The maximum Gasteiger partial charge on any atom is 0.274 e. The molecule has 0 spiro atoms. The first-order chi connectivity index (χ1) is 13.5. The molecule has 3 rings (SSSR count). The molecule has 1 atom stereocenters. The number of benzene rings is 2. The van der Waals surface area contributed by atoms with Crippen LogP contribution in [0.3, 0.4) is 0 Å². The summed E-state index contributed by atoms with van der Waals surface area (Å²) in [5, 5.41) is 6.75. The van der Waals surface area contributed by atoms with Gasteiger partial charge in [0.25, 0.3) is 5.91 Å². The second-order valence-corrected chi connectivity index (χ2v) is 6.28. The molecule has 0 aliphatic rings. The molecule has 1 aromatic heterocycles. The highest BCUT2D eigenvalue weighted by Crippen LogP contribution is 2.21. The molecule has 28 heavy (non-hydrogen) atoms. The van der Waals surface area contributed by atoms with Crippen LogP contribution < -0.4 is 14.8 Å². The normalized spacial score (nSPS) is 11.7. The predicted octanol–water partition coefficient (Wildman–Crippen LogP) is 4.20. The molecule has 146 valence electrons. The van der Waals surface area contributed by atoms with E-state index >= 15 is 0 Å². The van der Waals surface area contributed by atoms with Gasteiger partial charge < -0.3 is 19.3 Å². The molecule has 1 amide bonds. The zero-order chi connectivity index (χ0) is 20.1. The first-order valence-electron chi connectivity index (χ1n) is 8.76. The number of aryl methyl sites for hydroxylation is 1. The quantitative estimate of drug-likeness (QED) is 0.661. The highest BCUT2D eigenvalue weighted by Gasteiger charge is 2.22. The van der Waals surface area contributed by atoms with E-state index in [0.717, 1.165) is 11.3 Å². The largest absolute Gasteiger partial charge is 0.497 e. The smallest absolute Gasteiger partial charge is 0.274 e. The lowest BCUT2D eigenvalue weighted by Crippen LogP contribution is -2.28. The molecule has 0 fully saturated rings. The minimum atomic E-state index is -0.397. The molecule has 1 N–H and O–H groups in total. The van der Waals surface area contributed by atoms with Crippen LogP contribution in [-0.2, 0) is 6.61 Å². The molecular weight excluding hydrogens is 363 g/mol. The van der Waals surface area contributed by atoms with E-state index in [1.165, 1.54) is 12.1 Å². The lowest BCUT2D eigenvalue weighted by atomic mass is 10.1. The van der Waals surface area contributed by atoms with Crippen molar-refractivity contribution in [2.45, 2.75) is 26.5 Å². The molecule has 0 aliphatic carbocycles. The summed E-state index contributed by atoms with van der Waals surface area (Å²) in [6.07, 6.45) is 0. The molecule has 0 saturated heterocycles. The lowest BCUT2D eigenvalue weighted by molar-refractivity contribution is 0.0928. The average Bonchev–Trinajstić information content (AvgIpc) is 3.07. The highest BCUT2D eigenvalue weighted by molar-refractivity contribution is 5.94. The van der Waals surface area contributed by atoms with Gasteiger partial charge in [0.2, 0.25) is 0 Å². The number of nitrogens with one attached hydrogen (secondary N) is 1. The van der Waals surface area contributed by atoms with Crippen LogP contribution in [0.4, 0.5) is 4.39 Å². The summed E-state index contributed by atoms with van der Waals surface area (Å²) in [6.45, 7) is 3.61. The van der Waals surface area contributed by atoms with Crippen molar-refractivity contribution in [1.29, 1.82) is 0 Å². The van der Waals surface area contributed by atoms with Crippen molar-refractivity contribution >= 4 is 5.91 Å². The Morgan fingerprint density at radius 2 is 1.96 bits per heavy atom. The Kier molecular flexibility index (Phi) is 5.93. The molecule has 3 aromatic rings. The summed E-state index contributed by atoms with van der Waals surface area (Å²) in [5.41, 5.74) is 1.59. The van der Waals surface area contributed by atoms with Gasteiger partial charge in [0, 0.05) is 6.07 Å². The van der Waals surface area contributed by atoms with Gasteiger partial charge in [-0.1, -0.05) is 23.4 Å². The molecule has 0 radical (unpaired) electrons. The summed E-state index contributed by atoms with van der Waals surface area (Å²) < 4.78 is 29.2. The third-order valence-corrected chi connectivity index (χ3v) is 4.34. The summed E-state index contributed by atoms with van der Waals surface area (Å²) in [6, 6.07) is 13.0. The van der Waals surface area contributed by atoms with Gasteiger partial charge in [0.1, 0.15) is 29.7 Å². The number of methoxy groups -OCH3 is 1. The van der Waals surface area contributed by atoms with E-state index in [-0.39, 0.29) is 24.2 Å². The van der Waals surface area contributed by atoms with Crippen LogP contribution in [0.5, 0.6) is 11.5 Å². The monoisotopic (exact) mass is 384 g/mol. The number of carbonyl (C=O) groups is 1. The van der Waals surface area contributed by atoms with Crippen LogP contribution in [0.1, 0.15) is 40.3 Å². The summed E-state index contributed by atoms with van der Waals surface area (Å²) in [5.74, 6) is 0.798. The fraction of sp³-hybridized carbons (Fsp3) is 0.238. The van der Waals surface area contributed by atoms with E-state index in [4.69, 9.17) is 14.0 Å². The van der Waals surface area contributed by atoms with Crippen LogP contribution >= 0.6 is 0 Å². The Labute approximate surface area is 162 Å². The fourth-order valence-corrected chi connectivity index (χ4v) is 2.69. The van der Waals surface area contributed by atoms with Gasteiger partial charge in [-0.15, -0.1) is 0 Å². The second kappa shape index (κ2) is 8.56. The lowest BCUT2D eigenvalue weighted by Gasteiger charge is -2.14. The van der Waals surface area contributed by atoms with Crippen molar-refractivity contribution < 1.29 is 23.2 Å². The number of rotatable bonds is 7. The van der Waals surface area contributed by atoms with Crippen molar-refractivity contribution in [2.75, 3.05) is 7.11 Å². The number of nitrogens with zero attached hydrogens (tertiary/aromatic N) is 1. The van der Waals surface area contributed by atoms with Gasteiger partial charge in [-0.3, -0.25) is 4.79 Å². The minimum Gasteiger partial charge on any atom is -0.497 e. The topological polar surface area (TPSA) is 73.6 Å². The maximum absolute atomic E-state index is 13.3. The number of hydrogen-bond acceptors (Lipinski definition) is 5. The van der Waals surface area contributed by atoms with Crippen LogP contribution in [0, 0.1) is 12.7 Å². The zero-order valence-electron chi connectivity index (χ0n) is 15.9. The third kappa shape index (κ3) is 4.49. The Morgan fingerprint density at radius 3 is 2.64 bits per heavy atom. The first-order valence-corrected chi connectivity index (χ1v) is 8.76. The summed E-state index contributed by atoms with van der Waals surface area (Å²) in [7, 11) is 1.60. The number of hydrogen-bond donors (Lipinski definition) is 1. The fourth-order valence-electron chi connectivity index (χ4n) is 2.69. The van der Waals surface area contributed by atoms with Crippen LogP contribution in [0.25, 0.3) is 0 Å². The van der Waals surface area contributed by atoms with Crippen LogP contribution in [0.2, 0.25) is 0 Å². The SMILES string of the molecule is COc1ccc(C(C)NC(=O)c2noc(C)c2COc2cccc(F)c2)cc1. The van der Waals surface area contributed by atoms with E-state index < -0.39 is 5.82 Å².